The molecule has 4 amide bonds. The molecule has 0 aromatic heterocycles. The van der Waals surface area contributed by atoms with Crippen LogP contribution in [0.25, 0.3) is 6.08 Å². The molecule has 0 bridgehead atoms. The highest BCUT2D eigenvalue weighted by molar-refractivity contribution is 8.00. The third-order valence-electron chi connectivity index (χ3n) is 7.06. The highest BCUT2D eigenvalue weighted by Gasteiger charge is 2.40. The van der Waals surface area contributed by atoms with Crippen LogP contribution in [0.5, 0.6) is 11.5 Å². The maximum Gasteiger partial charge on any atom is 0.272 e. The Labute approximate surface area is 273 Å². The van der Waals surface area contributed by atoms with Crippen LogP contribution < -0.4 is 25.0 Å². The number of rotatable bonds is 11. The molecule has 2 N–H and O–H groups in total. The molecule has 0 saturated carbocycles. The first-order valence-electron chi connectivity index (χ1n) is 14.2. The van der Waals surface area contributed by atoms with Gasteiger partial charge in [0.15, 0.2) is 11.5 Å². The zero-order valence-corrected chi connectivity index (χ0v) is 26.0. The van der Waals surface area contributed by atoms with E-state index in [2.05, 4.69) is 10.6 Å². The first kappa shape index (κ1) is 32.4. The molecule has 1 aliphatic heterocycles. The number of hydrogen-bond donors (Lipinski definition) is 2. The van der Waals surface area contributed by atoms with Gasteiger partial charge in [0, 0.05) is 34.7 Å². The fraction of sp³-hybridized carbons (Fsp3) is 0.118. The number of amides is 4. The average Bonchev–Trinajstić information content (AvgIpc) is 3.36. The molecule has 1 saturated heterocycles. The van der Waals surface area contributed by atoms with E-state index in [1.807, 2.05) is 0 Å². The van der Waals surface area contributed by atoms with Gasteiger partial charge in [-0.3, -0.25) is 29.3 Å². The first-order valence-corrected chi connectivity index (χ1v) is 15.0. The number of nitro groups is 1. The summed E-state index contributed by atoms with van der Waals surface area (Å²) in [5, 5.41) is 15.7. The van der Waals surface area contributed by atoms with E-state index in [0.717, 1.165) is 4.90 Å². The molecule has 12 nitrogen and oxygen atoms in total. The number of nitrogens with zero attached hydrogens (tertiary/aromatic N) is 2. The number of hydrogen-bond acceptors (Lipinski definition) is 9. The molecule has 5 rings (SSSR count). The van der Waals surface area contributed by atoms with E-state index in [1.54, 1.807) is 72.8 Å². The van der Waals surface area contributed by atoms with Crippen molar-refractivity contribution in [3.05, 3.63) is 124 Å². The van der Waals surface area contributed by atoms with Gasteiger partial charge >= 0.3 is 0 Å². The SMILES string of the molecule is COc1ccc(/C=C(\NC(=O)c2ccccc2)C(=O)Nc2ccc(SC3CC(=O)N(c4ccc([N+](=O)[O-])cc4)C3=O)cc2)cc1OC. The van der Waals surface area contributed by atoms with Crippen LogP contribution >= 0.6 is 11.8 Å². The molecule has 13 heteroatoms. The molecule has 1 heterocycles. The monoisotopic (exact) mass is 652 g/mol. The van der Waals surface area contributed by atoms with Crippen molar-refractivity contribution < 1.29 is 33.6 Å². The van der Waals surface area contributed by atoms with Crippen LogP contribution in [-0.2, 0) is 14.4 Å². The Bertz CT molecular complexity index is 1860. The number of carbonyl (C=O) groups excluding carboxylic acids is 4. The van der Waals surface area contributed by atoms with Crippen LogP contribution in [0.1, 0.15) is 22.3 Å². The van der Waals surface area contributed by atoms with Gasteiger partial charge in [0.05, 0.1) is 30.1 Å². The number of nitro benzene ring substituents is 1. The van der Waals surface area contributed by atoms with Gasteiger partial charge in [0.1, 0.15) is 5.70 Å². The number of carbonyl (C=O) groups is 4. The smallest absolute Gasteiger partial charge is 0.272 e. The first-order chi connectivity index (χ1) is 22.7. The van der Waals surface area contributed by atoms with Crippen molar-refractivity contribution >= 4 is 58.5 Å². The molecule has 47 heavy (non-hydrogen) atoms. The van der Waals surface area contributed by atoms with Crippen LogP contribution in [0.2, 0.25) is 0 Å². The molecular weight excluding hydrogens is 624 g/mol. The summed E-state index contributed by atoms with van der Waals surface area (Å²) >= 11 is 1.19. The van der Waals surface area contributed by atoms with E-state index in [0.29, 0.717) is 33.2 Å². The largest absolute Gasteiger partial charge is 0.493 e. The summed E-state index contributed by atoms with van der Waals surface area (Å²) in [4.78, 5) is 64.3. The third-order valence-corrected chi connectivity index (χ3v) is 8.26. The fourth-order valence-corrected chi connectivity index (χ4v) is 5.78. The Morgan fingerprint density at radius 1 is 0.915 bits per heavy atom. The van der Waals surface area contributed by atoms with Crippen molar-refractivity contribution in [3.8, 4) is 11.5 Å². The van der Waals surface area contributed by atoms with Crippen molar-refractivity contribution in [3.63, 3.8) is 0 Å². The minimum absolute atomic E-state index is 0.0223. The standard InChI is InChI=1S/C34H28N4O8S/c1-45-28-17-8-21(19-29(28)46-2)18-27(36-32(40)22-6-4-3-5-7-22)33(41)35-23-9-15-26(16-10-23)47-30-20-31(39)37(34(30)42)24-11-13-25(14-12-24)38(43)44/h3-19,30H,20H2,1-2H3,(H,35,41)(H,36,40)/b27-18-. The Morgan fingerprint density at radius 2 is 1.60 bits per heavy atom. The summed E-state index contributed by atoms with van der Waals surface area (Å²) in [7, 11) is 3.01. The average molecular weight is 653 g/mol. The second-order valence-corrected chi connectivity index (χ2v) is 11.4. The summed E-state index contributed by atoms with van der Waals surface area (Å²) in [6.45, 7) is 0. The molecule has 0 aliphatic carbocycles. The Balaban J connectivity index is 1.29. The second kappa shape index (κ2) is 14.4. The van der Waals surface area contributed by atoms with Gasteiger partial charge in [-0.15, -0.1) is 11.8 Å². The van der Waals surface area contributed by atoms with Gasteiger partial charge in [0.25, 0.3) is 17.5 Å². The van der Waals surface area contributed by atoms with E-state index in [-0.39, 0.29) is 23.5 Å². The van der Waals surface area contributed by atoms with Crippen molar-refractivity contribution in [1.82, 2.24) is 5.32 Å². The van der Waals surface area contributed by atoms with E-state index in [9.17, 15) is 29.3 Å². The minimum Gasteiger partial charge on any atom is -0.493 e. The van der Waals surface area contributed by atoms with Crippen molar-refractivity contribution in [2.75, 3.05) is 24.4 Å². The molecule has 0 spiro atoms. The number of thioether (sulfide) groups is 1. The summed E-state index contributed by atoms with van der Waals surface area (Å²) in [6.07, 6.45) is 1.48. The number of imide groups is 1. The molecule has 1 fully saturated rings. The molecule has 1 aliphatic rings. The van der Waals surface area contributed by atoms with Crippen molar-refractivity contribution in [2.45, 2.75) is 16.6 Å². The highest BCUT2D eigenvalue weighted by Crippen LogP contribution is 2.35. The molecule has 4 aromatic carbocycles. The van der Waals surface area contributed by atoms with E-state index in [1.165, 1.54) is 56.3 Å². The molecule has 1 unspecified atom stereocenters. The molecule has 1 atom stereocenters. The summed E-state index contributed by atoms with van der Waals surface area (Å²) < 4.78 is 10.7. The maximum absolute atomic E-state index is 13.5. The lowest BCUT2D eigenvalue weighted by atomic mass is 10.1. The number of benzene rings is 4. The third kappa shape index (κ3) is 7.65. The lowest BCUT2D eigenvalue weighted by molar-refractivity contribution is -0.384. The second-order valence-electron chi connectivity index (χ2n) is 10.1. The zero-order chi connectivity index (χ0) is 33.5. The minimum atomic E-state index is -0.692. The van der Waals surface area contributed by atoms with Gasteiger partial charge in [-0.2, -0.15) is 0 Å². The topological polar surface area (TPSA) is 157 Å². The van der Waals surface area contributed by atoms with Gasteiger partial charge in [-0.1, -0.05) is 24.3 Å². The van der Waals surface area contributed by atoms with E-state index < -0.39 is 33.8 Å². The van der Waals surface area contributed by atoms with Gasteiger partial charge in [0.2, 0.25) is 11.8 Å². The molecule has 0 radical (unpaired) electrons. The summed E-state index contributed by atoms with van der Waals surface area (Å²) in [6, 6.07) is 25.5. The molecule has 238 valence electrons. The number of non-ortho nitro benzene ring substituents is 1. The lowest BCUT2D eigenvalue weighted by Crippen LogP contribution is -2.31. The number of methoxy groups -OCH3 is 2. The highest BCUT2D eigenvalue weighted by atomic mass is 32.2. The zero-order valence-electron chi connectivity index (χ0n) is 25.2. The normalized spacial score (nSPS) is 14.5. The maximum atomic E-state index is 13.5. The van der Waals surface area contributed by atoms with Crippen LogP contribution in [0.15, 0.2) is 108 Å². The van der Waals surface area contributed by atoms with Gasteiger partial charge in [-0.05, 0) is 72.3 Å². The predicted octanol–water partition coefficient (Wildman–Crippen LogP) is 5.45. The van der Waals surface area contributed by atoms with Crippen molar-refractivity contribution in [1.29, 1.82) is 0 Å². The predicted molar refractivity (Wildman–Crippen MR) is 176 cm³/mol. The van der Waals surface area contributed by atoms with Crippen LogP contribution in [0.3, 0.4) is 0 Å². The fourth-order valence-electron chi connectivity index (χ4n) is 4.72. The number of anilines is 2. The Morgan fingerprint density at radius 3 is 2.23 bits per heavy atom. The van der Waals surface area contributed by atoms with Crippen LogP contribution in [0, 0.1) is 10.1 Å². The van der Waals surface area contributed by atoms with E-state index in [4.69, 9.17) is 9.47 Å². The van der Waals surface area contributed by atoms with Crippen LogP contribution in [0.4, 0.5) is 17.1 Å². The Kier molecular flexibility index (Phi) is 9.96. The Hall–Kier alpha value is -5.95. The molecule has 4 aromatic rings. The number of nitrogens with one attached hydrogen (secondary N) is 2. The lowest BCUT2D eigenvalue weighted by Gasteiger charge is -2.15. The molecular formula is C34H28N4O8S. The summed E-state index contributed by atoms with van der Waals surface area (Å²) in [5.74, 6) is -0.939. The van der Waals surface area contributed by atoms with Crippen molar-refractivity contribution in [2.24, 2.45) is 0 Å². The van der Waals surface area contributed by atoms with Gasteiger partial charge in [-0.25, -0.2) is 4.90 Å². The van der Waals surface area contributed by atoms with Crippen LogP contribution in [-0.4, -0.2) is 48.0 Å². The van der Waals surface area contributed by atoms with E-state index >= 15 is 0 Å². The summed E-state index contributed by atoms with van der Waals surface area (Å²) in [5.41, 5.74) is 1.47. The number of ether oxygens (including phenoxy) is 2. The quantitative estimate of drug-likeness (QED) is 0.0931. The van der Waals surface area contributed by atoms with Gasteiger partial charge < -0.3 is 20.1 Å².